The van der Waals surface area contributed by atoms with E-state index >= 15 is 0 Å². The van der Waals surface area contributed by atoms with Gasteiger partial charge in [-0.25, -0.2) is 0 Å². The van der Waals surface area contributed by atoms with E-state index in [9.17, 15) is 14.4 Å². The van der Waals surface area contributed by atoms with Crippen LogP contribution in [0, 0.1) is 0 Å². The quantitative estimate of drug-likeness (QED) is 0.688. The summed E-state index contributed by atoms with van der Waals surface area (Å²) in [5, 5.41) is 7.14. The molecule has 0 aliphatic carbocycles. The number of nitrogens with two attached hydrogens (primary N) is 1. The number of allylic oxidation sites excluding steroid dienone is 1. The summed E-state index contributed by atoms with van der Waals surface area (Å²) in [6.07, 6.45) is 2.43. The van der Waals surface area contributed by atoms with E-state index in [-0.39, 0.29) is 24.8 Å². The Labute approximate surface area is 192 Å². The Kier molecular flexibility index (Phi) is 6.00. The third kappa shape index (κ3) is 4.50. The summed E-state index contributed by atoms with van der Waals surface area (Å²) in [5.41, 5.74) is 8.04. The predicted octanol–water partition coefficient (Wildman–Crippen LogP) is 2.85. The molecule has 0 aromatic heterocycles. The zero-order chi connectivity index (χ0) is 23.6. The molecule has 3 amide bonds. The Morgan fingerprint density at radius 2 is 1.94 bits per heavy atom. The van der Waals surface area contributed by atoms with Gasteiger partial charge < -0.3 is 20.8 Å². The third-order valence-corrected chi connectivity index (χ3v) is 6.09. The fourth-order valence-corrected chi connectivity index (χ4v) is 4.17. The Morgan fingerprint density at radius 3 is 2.64 bits per heavy atom. The number of nitrogens with one attached hydrogen (secondary N) is 1. The summed E-state index contributed by atoms with van der Waals surface area (Å²) in [4.78, 5) is 44.7. The second kappa shape index (κ2) is 8.90. The molecule has 2 aliphatic heterocycles. The number of nitrogens with zero attached hydrogens (tertiary/aromatic N) is 2. The maximum absolute atomic E-state index is 13.1. The fourth-order valence-electron chi connectivity index (χ4n) is 4.17. The average Bonchev–Trinajstić information content (AvgIpc) is 3.43. The Hall–Kier alpha value is -3.94. The van der Waals surface area contributed by atoms with E-state index in [0.717, 1.165) is 5.56 Å². The lowest BCUT2D eigenvalue weighted by molar-refractivity contribution is -0.121. The number of likely N-dealkylation sites (tertiary alicyclic amines) is 1. The maximum Gasteiger partial charge on any atom is 0.254 e. The summed E-state index contributed by atoms with van der Waals surface area (Å²) in [6, 6.07) is 15.3. The molecule has 0 saturated carbocycles. The lowest BCUT2D eigenvalue weighted by atomic mass is 9.91. The van der Waals surface area contributed by atoms with Crippen LogP contribution in [-0.2, 0) is 14.4 Å². The van der Waals surface area contributed by atoms with Crippen LogP contribution in [-0.4, -0.2) is 46.5 Å². The van der Waals surface area contributed by atoms with Crippen molar-refractivity contribution in [1.29, 1.82) is 0 Å². The van der Waals surface area contributed by atoms with Crippen LogP contribution in [0.15, 0.2) is 71.4 Å². The van der Waals surface area contributed by atoms with E-state index in [2.05, 4.69) is 10.5 Å². The van der Waals surface area contributed by atoms with Crippen molar-refractivity contribution in [3.05, 3.63) is 77.4 Å². The first kappa shape index (κ1) is 22.3. The van der Waals surface area contributed by atoms with E-state index < -0.39 is 17.6 Å². The van der Waals surface area contributed by atoms with Crippen LogP contribution in [0.4, 0.5) is 5.69 Å². The molecule has 2 aromatic carbocycles. The smallest absolute Gasteiger partial charge is 0.254 e. The van der Waals surface area contributed by atoms with E-state index in [0.29, 0.717) is 29.0 Å². The zero-order valence-corrected chi connectivity index (χ0v) is 18.6. The number of carbonyl (C=O) groups excluding carboxylic acids is 3. The molecule has 33 heavy (non-hydrogen) atoms. The minimum Gasteiger partial charge on any atom is -0.387 e. The normalized spacial score (nSPS) is 22.1. The second-order valence-electron chi connectivity index (χ2n) is 8.42. The van der Waals surface area contributed by atoms with E-state index in [1.54, 1.807) is 43.3 Å². The summed E-state index contributed by atoms with van der Waals surface area (Å²) >= 11 is 0. The van der Waals surface area contributed by atoms with Gasteiger partial charge in [-0.15, -0.1) is 0 Å². The van der Waals surface area contributed by atoms with Crippen molar-refractivity contribution >= 4 is 29.1 Å². The van der Waals surface area contributed by atoms with Crippen molar-refractivity contribution in [2.75, 3.05) is 11.9 Å². The number of hydrogen-bond acceptors (Lipinski definition) is 5. The van der Waals surface area contributed by atoms with Gasteiger partial charge in [-0.3, -0.25) is 14.4 Å². The van der Waals surface area contributed by atoms with E-state index in [4.69, 9.17) is 10.6 Å². The highest BCUT2D eigenvalue weighted by Gasteiger charge is 2.53. The van der Waals surface area contributed by atoms with Crippen molar-refractivity contribution in [3.63, 3.8) is 0 Å². The van der Waals surface area contributed by atoms with Crippen molar-refractivity contribution in [2.24, 2.45) is 10.9 Å². The number of oxime groups is 1. The molecule has 1 unspecified atom stereocenters. The van der Waals surface area contributed by atoms with Gasteiger partial charge in [-0.1, -0.05) is 41.6 Å². The lowest BCUT2D eigenvalue weighted by Gasteiger charge is -2.23. The molecule has 2 heterocycles. The van der Waals surface area contributed by atoms with Gasteiger partial charge in [0.15, 0.2) is 5.60 Å². The van der Waals surface area contributed by atoms with Crippen molar-refractivity contribution in [2.45, 2.75) is 38.3 Å². The second-order valence-corrected chi connectivity index (χ2v) is 8.42. The lowest BCUT2D eigenvalue weighted by Crippen LogP contribution is -2.44. The van der Waals surface area contributed by atoms with Crippen LogP contribution in [0.5, 0.6) is 0 Å². The summed E-state index contributed by atoms with van der Waals surface area (Å²) in [6.45, 7) is 3.76. The number of carbonyl (C=O) groups is 3. The summed E-state index contributed by atoms with van der Waals surface area (Å²) in [5.74, 6) is -1.01. The topological polar surface area (TPSA) is 114 Å². The third-order valence-electron chi connectivity index (χ3n) is 6.09. The fraction of sp³-hybridized carbons (Fsp3) is 0.280. The molecular formula is C25H26N4O4. The zero-order valence-electron chi connectivity index (χ0n) is 18.6. The standard InChI is InChI=1S/C25H26N4O4/c1-3-16(2)23(31)27-19-11-7-10-18(12-19)20-13-25(33-28-20)14-21(22(26)30)29(15-25)24(32)17-8-5-4-6-9-17/h3-12,21H,13-15H2,1-2H3,(H2,26,30)(H,27,31)/b16-3-/t21-,25?/m1/s1. The Bertz CT molecular complexity index is 1160. The number of anilines is 1. The highest BCUT2D eigenvalue weighted by Crippen LogP contribution is 2.39. The molecular weight excluding hydrogens is 420 g/mol. The summed E-state index contributed by atoms with van der Waals surface area (Å²) in [7, 11) is 0. The molecule has 3 N–H and O–H groups in total. The largest absolute Gasteiger partial charge is 0.387 e. The molecule has 0 bridgehead atoms. The molecule has 8 nitrogen and oxygen atoms in total. The van der Waals surface area contributed by atoms with Gasteiger partial charge in [0.1, 0.15) is 6.04 Å². The number of primary amides is 1. The SMILES string of the molecule is C/C=C(/C)C(=O)Nc1cccc(C2=NOC3(C2)C[C@H](C(N)=O)N(C(=O)c2ccccc2)C3)c1. The minimum atomic E-state index is -0.819. The van der Waals surface area contributed by atoms with Crippen LogP contribution < -0.4 is 11.1 Å². The molecule has 8 heteroatoms. The molecule has 170 valence electrons. The molecule has 2 aromatic rings. The first-order valence-corrected chi connectivity index (χ1v) is 10.8. The number of benzene rings is 2. The molecule has 1 fully saturated rings. The Morgan fingerprint density at radius 1 is 1.18 bits per heavy atom. The molecule has 0 radical (unpaired) electrons. The van der Waals surface area contributed by atoms with Crippen LogP contribution in [0.25, 0.3) is 0 Å². The molecule has 1 spiro atoms. The van der Waals surface area contributed by atoms with E-state index in [1.807, 2.05) is 31.2 Å². The molecule has 2 atom stereocenters. The summed E-state index contributed by atoms with van der Waals surface area (Å²) < 4.78 is 0. The van der Waals surface area contributed by atoms with Gasteiger partial charge in [0.2, 0.25) is 5.91 Å². The van der Waals surface area contributed by atoms with Crippen LogP contribution in [0.3, 0.4) is 0 Å². The first-order valence-electron chi connectivity index (χ1n) is 10.8. The van der Waals surface area contributed by atoms with E-state index in [1.165, 1.54) is 4.90 Å². The van der Waals surface area contributed by atoms with Gasteiger partial charge in [0, 0.05) is 35.2 Å². The highest BCUT2D eigenvalue weighted by molar-refractivity contribution is 6.06. The van der Waals surface area contributed by atoms with Gasteiger partial charge in [-0.05, 0) is 38.1 Å². The molecule has 2 aliphatic rings. The highest BCUT2D eigenvalue weighted by atomic mass is 16.7. The van der Waals surface area contributed by atoms with Crippen LogP contribution >= 0.6 is 0 Å². The average molecular weight is 447 g/mol. The monoisotopic (exact) mass is 446 g/mol. The maximum atomic E-state index is 13.1. The van der Waals surface area contributed by atoms with Crippen molar-refractivity contribution in [3.8, 4) is 0 Å². The molecule has 4 rings (SSSR count). The van der Waals surface area contributed by atoms with Gasteiger partial charge in [-0.2, -0.15) is 0 Å². The van der Waals surface area contributed by atoms with Crippen LogP contribution in [0.2, 0.25) is 0 Å². The number of rotatable bonds is 5. The van der Waals surface area contributed by atoms with Crippen LogP contribution in [0.1, 0.15) is 42.6 Å². The predicted molar refractivity (Wildman–Crippen MR) is 125 cm³/mol. The minimum absolute atomic E-state index is 0.175. The van der Waals surface area contributed by atoms with Gasteiger partial charge in [0.25, 0.3) is 11.8 Å². The van der Waals surface area contributed by atoms with Crippen molar-refractivity contribution < 1.29 is 19.2 Å². The van der Waals surface area contributed by atoms with Gasteiger partial charge in [0.05, 0.1) is 12.3 Å². The first-order chi connectivity index (χ1) is 15.8. The number of hydrogen-bond donors (Lipinski definition) is 2. The number of amides is 3. The Balaban J connectivity index is 1.52. The van der Waals surface area contributed by atoms with Crippen molar-refractivity contribution in [1.82, 2.24) is 4.90 Å². The van der Waals surface area contributed by atoms with Gasteiger partial charge >= 0.3 is 0 Å². The molecule has 1 saturated heterocycles.